The van der Waals surface area contributed by atoms with E-state index < -0.39 is 6.10 Å². The van der Waals surface area contributed by atoms with Crippen molar-refractivity contribution < 1.29 is 24.2 Å². The first-order valence-corrected chi connectivity index (χ1v) is 40.9. The van der Waals surface area contributed by atoms with Crippen molar-refractivity contribution in [3.05, 3.63) is 24.3 Å². The zero-order chi connectivity index (χ0) is 63.3. The zero-order valence-corrected chi connectivity index (χ0v) is 60.3. The Morgan fingerprint density at radius 1 is 0.261 bits per heavy atom. The second-order valence-electron chi connectivity index (χ2n) is 28.2. The van der Waals surface area contributed by atoms with Crippen molar-refractivity contribution in [2.24, 2.45) is 0 Å². The van der Waals surface area contributed by atoms with Gasteiger partial charge in [0.15, 0.2) is 6.10 Å². The number of rotatable bonds is 78. The molecule has 0 rings (SSSR count). The predicted molar refractivity (Wildman–Crippen MR) is 390 cm³/mol. The predicted octanol–water partition coefficient (Wildman–Crippen LogP) is 28.7. The maximum absolute atomic E-state index is 12.4. The largest absolute Gasteiger partial charge is 0.462 e. The molecule has 0 saturated heterocycles. The molecule has 1 unspecified atom stereocenters. The highest BCUT2D eigenvalue weighted by Gasteiger charge is 2.16. The van der Waals surface area contributed by atoms with Crippen molar-refractivity contribution in [3.63, 3.8) is 0 Å². The summed E-state index contributed by atoms with van der Waals surface area (Å²) in [7, 11) is 0. The molecular weight excluding hydrogens is 1080 g/mol. The molecule has 0 heterocycles. The van der Waals surface area contributed by atoms with Crippen LogP contribution in [0.15, 0.2) is 24.3 Å². The van der Waals surface area contributed by atoms with E-state index in [1.54, 1.807) is 0 Å². The van der Waals surface area contributed by atoms with Crippen LogP contribution in [0.3, 0.4) is 0 Å². The number of aliphatic hydroxyl groups excluding tert-OH is 1. The minimum atomic E-state index is -0.768. The summed E-state index contributed by atoms with van der Waals surface area (Å²) in [5.41, 5.74) is 0. The third kappa shape index (κ3) is 76.8. The minimum Gasteiger partial charge on any atom is -0.462 e. The van der Waals surface area contributed by atoms with Gasteiger partial charge in [-0.25, -0.2) is 0 Å². The van der Waals surface area contributed by atoms with Crippen LogP contribution in [0.1, 0.15) is 476 Å². The van der Waals surface area contributed by atoms with E-state index in [4.69, 9.17) is 9.47 Å². The number of aliphatic hydroxyl groups is 1. The number of ether oxygens (including phenoxy) is 2. The molecular formula is C83H160O5. The van der Waals surface area contributed by atoms with E-state index >= 15 is 0 Å². The van der Waals surface area contributed by atoms with E-state index in [0.717, 1.165) is 38.5 Å². The lowest BCUT2D eigenvalue weighted by molar-refractivity contribution is -0.161. The van der Waals surface area contributed by atoms with Crippen LogP contribution in [0.25, 0.3) is 0 Å². The zero-order valence-electron chi connectivity index (χ0n) is 60.3. The molecule has 0 radical (unpaired) electrons. The van der Waals surface area contributed by atoms with Gasteiger partial charge in [-0.05, 0) is 44.9 Å². The molecule has 0 spiro atoms. The smallest absolute Gasteiger partial charge is 0.306 e. The fourth-order valence-corrected chi connectivity index (χ4v) is 13.1. The van der Waals surface area contributed by atoms with Crippen LogP contribution in [0, 0.1) is 0 Å². The van der Waals surface area contributed by atoms with Crippen molar-refractivity contribution in [1.82, 2.24) is 0 Å². The summed E-state index contributed by atoms with van der Waals surface area (Å²) < 4.78 is 10.8. The molecule has 0 aliphatic rings. The Labute approximate surface area is 553 Å². The molecule has 5 heteroatoms. The van der Waals surface area contributed by atoms with Crippen LogP contribution in [-0.4, -0.2) is 36.4 Å². The summed E-state index contributed by atoms with van der Waals surface area (Å²) in [5.74, 6) is -0.558. The number of hydrogen-bond acceptors (Lipinski definition) is 5. The summed E-state index contributed by atoms with van der Waals surface area (Å²) >= 11 is 0. The molecule has 0 fully saturated rings. The molecule has 0 saturated carbocycles. The van der Waals surface area contributed by atoms with Gasteiger partial charge in [-0.3, -0.25) is 9.59 Å². The first-order valence-electron chi connectivity index (χ1n) is 40.9. The van der Waals surface area contributed by atoms with Crippen molar-refractivity contribution in [1.29, 1.82) is 0 Å². The topological polar surface area (TPSA) is 72.8 Å². The third-order valence-corrected chi connectivity index (χ3v) is 19.2. The first kappa shape index (κ1) is 86.4. The van der Waals surface area contributed by atoms with Gasteiger partial charge in [0.1, 0.15) is 6.61 Å². The number of unbranched alkanes of at least 4 members (excludes halogenated alkanes) is 66. The third-order valence-electron chi connectivity index (χ3n) is 19.2. The standard InChI is InChI=1S/C83H160O5/c1-3-5-7-9-11-13-15-17-19-21-23-25-27-29-31-33-35-37-39-41-43-45-47-49-51-53-55-57-59-61-63-65-67-69-71-73-75-77-82(85)87-80-81(79-84)88-83(86)78-76-74-72-70-68-66-64-62-60-58-56-54-52-50-48-46-44-42-40-38-36-34-32-30-28-26-24-22-20-18-16-14-12-10-8-6-4-2/h16,18,22,24,81,84H,3-15,17,19-21,23,25-80H2,1-2H3/b18-16-,24-22-. The Morgan fingerprint density at radius 2 is 0.455 bits per heavy atom. The van der Waals surface area contributed by atoms with Crippen LogP contribution in [0.2, 0.25) is 0 Å². The summed E-state index contributed by atoms with van der Waals surface area (Å²) in [5, 5.41) is 9.73. The van der Waals surface area contributed by atoms with E-state index in [0.29, 0.717) is 12.8 Å². The van der Waals surface area contributed by atoms with Gasteiger partial charge in [-0.2, -0.15) is 0 Å². The van der Waals surface area contributed by atoms with Crippen molar-refractivity contribution in [2.45, 2.75) is 482 Å². The number of carbonyl (C=O) groups excluding carboxylic acids is 2. The molecule has 0 aliphatic carbocycles. The maximum Gasteiger partial charge on any atom is 0.306 e. The Balaban J connectivity index is 3.34. The van der Waals surface area contributed by atoms with Crippen LogP contribution in [-0.2, 0) is 19.1 Å². The van der Waals surface area contributed by atoms with E-state index in [-0.39, 0.29) is 25.2 Å². The van der Waals surface area contributed by atoms with Crippen LogP contribution in [0.4, 0.5) is 0 Å². The fraction of sp³-hybridized carbons (Fsp3) is 0.928. The van der Waals surface area contributed by atoms with Gasteiger partial charge in [0.05, 0.1) is 6.61 Å². The molecule has 0 aromatic heterocycles. The van der Waals surface area contributed by atoms with Gasteiger partial charge in [-0.1, -0.05) is 443 Å². The summed E-state index contributed by atoms with van der Waals surface area (Å²) in [6.07, 6.45) is 106. The van der Waals surface area contributed by atoms with E-state index in [1.165, 1.54) is 411 Å². The van der Waals surface area contributed by atoms with Gasteiger partial charge in [0, 0.05) is 12.8 Å². The van der Waals surface area contributed by atoms with Crippen molar-refractivity contribution in [3.8, 4) is 0 Å². The molecule has 0 aromatic carbocycles. The highest BCUT2D eigenvalue weighted by molar-refractivity contribution is 5.70. The number of hydrogen-bond donors (Lipinski definition) is 1. The molecule has 1 N–H and O–H groups in total. The SMILES string of the molecule is CCCCCCC/C=C\C/C=C\CCCCCCCCCCCCCCCCCCCCCCCCCCCC(=O)OC(CO)COC(=O)CCCCCCCCCCCCCCCCCCCCCCCCCCCCCCCCCCCCCCC. The Bertz CT molecular complexity index is 1360. The Morgan fingerprint density at radius 3 is 0.670 bits per heavy atom. The molecule has 522 valence electrons. The molecule has 0 aromatic rings. The van der Waals surface area contributed by atoms with E-state index in [9.17, 15) is 14.7 Å². The highest BCUT2D eigenvalue weighted by atomic mass is 16.6. The molecule has 1 atom stereocenters. The van der Waals surface area contributed by atoms with E-state index in [1.807, 2.05) is 0 Å². The van der Waals surface area contributed by atoms with Gasteiger partial charge < -0.3 is 14.6 Å². The lowest BCUT2D eigenvalue weighted by Crippen LogP contribution is -2.28. The second kappa shape index (κ2) is 79.6. The summed E-state index contributed by atoms with van der Waals surface area (Å²) in [6.45, 7) is 4.21. The number of carbonyl (C=O) groups is 2. The number of esters is 2. The van der Waals surface area contributed by atoms with Crippen molar-refractivity contribution in [2.75, 3.05) is 13.2 Å². The lowest BCUT2D eigenvalue weighted by Gasteiger charge is -2.15. The Hall–Kier alpha value is -1.62. The maximum atomic E-state index is 12.4. The Kier molecular flexibility index (Phi) is 78.2. The average molecular weight is 1240 g/mol. The minimum absolute atomic E-state index is 0.0568. The number of allylic oxidation sites excluding steroid dienone is 4. The van der Waals surface area contributed by atoms with Crippen molar-refractivity contribution >= 4 is 11.9 Å². The molecule has 0 amide bonds. The molecule has 0 aliphatic heterocycles. The fourth-order valence-electron chi connectivity index (χ4n) is 13.1. The summed E-state index contributed by atoms with van der Waals surface area (Å²) in [4.78, 5) is 24.7. The van der Waals surface area contributed by atoms with Gasteiger partial charge >= 0.3 is 11.9 Å². The van der Waals surface area contributed by atoms with Gasteiger partial charge in [0.25, 0.3) is 0 Å². The summed E-state index contributed by atoms with van der Waals surface area (Å²) in [6, 6.07) is 0. The van der Waals surface area contributed by atoms with Crippen LogP contribution < -0.4 is 0 Å². The highest BCUT2D eigenvalue weighted by Crippen LogP contribution is 2.21. The first-order chi connectivity index (χ1) is 43.6. The van der Waals surface area contributed by atoms with Gasteiger partial charge in [-0.15, -0.1) is 0 Å². The van der Waals surface area contributed by atoms with Crippen LogP contribution >= 0.6 is 0 Å². The molecule has 88 heavy (non-hydrogen) atoms. The second-order valence-corrected chi connectivity index (χ2v) is 28.2. The quantitative estimate of drug-likeness (QED) is 0.0373. The normalized spacial score (nSPS) is 12.2. The lowest BCUT2D eigenvalue weighted by atomic mass is 10.0. The van der Waals surface area contributed by atoms with Crippen LogP contribution in [0.5, 0.6) is 0 Å². The monoisotopic (exact) mass is 1240 g/mol. The molecule has 0 bridgehead atoms. The average Bonchev–Trinajstić information content (AvgIpc) is 3.55. The van der Waals surface area contributed by atoms with E-state index in [2.05, 4.69) is 38.2 Å². The molecule has 5 nitrogen and oxygen atoms in total. The van der Waals surface area contributed by atoms with Gasteiger partial charge in [0.2, 0.25) is 0 Å².